The number of urea groups is 1. The third kappa shape index (κ3) is 6.06. The molecule has 3 aromatic carbocycles. The fraction of sp³-hybridized carbons (Fsp3) is 0.219. The summed E-state index contributed by atoms with van der Waals surface area (Å²) in [7, 11) is 5.15. The van der Waals surface area contributed by atoms with Crippen LogP contribution in [0.2, 0.25) is 0 Å². The molecule has 0 bridgehead atoms. The number of ether oxygens (including phenoxy) is 1. The molecule has 224 valence electrons. The molecule has 2 N–H and O–H groups in total. The van der Waals surface area contributed by atoms with Crippen molar-refractivity contribution in [3.05, 3.63) is 84.4 Å². The van der Waals surface area contributed by atoms with E-state index in [1.165, 1.54) is 11.0 Å². The predicted molar refractivity (Wildman–Crippen MR) is 167 cm³/mol. The van der Waals surface area contributed by atoms with Gasteiger partial charge in [-0.25, -0.2) is 19.2 Å². The lowest BCUT2D eigenvalue weighted by Crippen LogP contribution is -2.37. The van der Waals surface area contributed by atoms with Crippen LogP contribution < -0.4 is 15.5 Å². The normalized spacial score (nSPS) is 13.1. The van der Waals surface area contributed by atoms with E-state index in [-0.39, 0.29) is 11.7 Å². The van der Waals surface area contributed by atoms with Crippen LogP contribution in [-0.4, -0.2) is 77.0 Å². The van der Waals surface area contributed by atoms with E-state index < -0.39 is 6.03 Å². The third-order valence-electron chi connectivity index (χ3n) is 7.29. The molecule has 0 radical (unpaired) electrons. The van der Waals surface area contributed by atoms with Crippen molar-refractivity contribution in [3.8, 4) is 22.5 Å². The lowest BCUT2D eigenvalue weighted by Gasteiger charge is -2.29. The summed E-state index contributed by atoms with van der Waals surface area (Å²) in [6.45, 7) is 2.37. The molecule has 0 unspecified atom stereocenters. The van der Waals surface area contributed by atoms with Crippen LogP contribution in [-0.2, 0) is 11.8 Å². The van der Waals surface area contributed by atoms with Gasteiger partial charge in [0.2, 0.25) is 0 Å². The molecule has 3 amide bonds. The molecule has 1 aliphatic heterocycles. The Kier molecular flexibility index (Phi) is 7.90. The maximum absolute atomic E-state index is 15.4. The first-order valence-corrected chi connectivity index (χ1v) is 14.1. The molecule has 0 spiro atoms. The first-order chi connectivity index (χ1) is 21.2. The Morgan fingerprint density at radius 2 is 1.57 bits per heavy atom. The SMILES string of the molecule is CN(C)C(=O)c1ccc(NC(=O)Nc2ccc(-c3nc(N4CCOCC4)c4cc(F)c(-c5cnn(C)c5)cc4n3)cc2)cc1. The van der Waals surface area contributed by atoms with E-state index in [2.05, 4.69) is 20.6 Å². The van der Waals surface area contributed by atoms with Crippen LogP contribution in [0.3, 0.4) is 0 Å². The van der Waals surface area contributed by atoms with Gasteiger partial charge < -0.3 is 25.2 Å². The number of aryl methyl sites for hydroxylation is 1. The lowest BCUT2D eigenvalue weighted by molar-refractivity contribution is 0.0827. The Labute approximate surface area is 253 Å². The third-order valence-corrected chi connectivity index (χ3v) is 7.29. The van der Waals surface area contributed by atoms with Gasteiger partial charge in [0.15, 0.2) is 5.82 Å². The molecule has 1 fully saturated rings. The van der Waals surface area contributed by atoms with E-state index in [4.69, 9.17) is 14.7 Å². The van der Waals surface area contributed by atoms with Gasteiger partial charge in [0.1, 0.15) is 11.6 Å². The number of carbonyl (C=O) groups is 2. The average Bonchev–Trinajstić information content (AvgIpc) is 3.46. The molecule has 44 heavy (non-hydrogen) atoms. The molecule has 2 aromatic heterocycles. The summed E-state index contributed by atoms with van der Waals surface area (Å²) in [5.41, 5.74) is 4.07. The van der Waals surface area contributed by atoms with Crippen molar-refractivity contribution in [1.82, 2.24) is 24.6 Å². The van der Waals surface area contributed by atoms with Gasteiger partial charge in [-0.2, -0.15) is 5.10 Å². The van der Waals surface area contributed by atoms with Gasteiger partial charge in [-0.15, -0.1) is 0 Å². The highest BCUT2D eigenvalue weighted by molar-refractivity contribution is 6.00. The summed E-state index contributed by atoms with van der Waals surface area (Å²) < 4.78 is 22.5. The minimum atomic E-state index is -0.425. The second-order valence-corrected chi connectivity index (χ2v) is 10.7. The van der Waals surface area contributed by atoms with E-state index in [0.717, 1.165) is 5.56 Å². The number of rotatable bonds is 6. The fourth-order valence-electron chi connectivity index (χ4n) is 5.01. The molecule has 5 aromatic rings. The number of carbonyl (C=O) groups excluding carboxylic acids is 2. The number of aromatic nitrogens is 4. The van der Waals surface area contributed by atoms with Crippen molar-refractivity contribution in [2.45, 2.75) is 0 Å². The Bertz CT molecular complexity index is 1830. The highest BCUT2D eigenvalue weighted by Crippen LogP contribution is 2.33. The van der Waals surface area contributed by atoms with E-state index in [0.29, 0.717) is 76.9 Å². The molecule has 0 aliphatic carbocycles. The van der Waals surface area contributed by atoms with Crippen LogP contribution in [0.15, 0.2) is 73.1 Å². The minimum absolute atomic E-state index is 0.116. The van der Waals surface area contributed by atoms with Gasteiger partial charge in [0, 0.05) is 79.4 Å². The van der Waals surface area contributed by atoms with E-state index in [1.807, 2.05) is 12.1 Å². The second kappa shape index (κ2) is 12.1. The van der Waals surface area contributed by atoms with Crippen molar-refractivity contribution in [3.63, 3.8) is 0 Å². The van der Waals surface area contributed by atoms with Gasteiger partial charge in [-0.3, -0.25) is 9.48 Å². The first kappa shape index (κ1) is 28.7. The highest BCUT2D eigenvalue weighted by atomic mass is 19.1. The Balaban J connectivity index is 1.25. The number of anilines is 3. The quantitative estimate of drug-likeness (QED) is 0.284. The standard InChI is InChI=1S/C32H31FN8O3/c1-39(2)31(42)21-6-10-24(11-7-21)36-32(43)35-23-8-4-20(5-9-23)29-37-28-17-25(22-18-34-40(3)19-22)27(33)16-26(28)30(38-29)41-12-14-44-15-13-41/h4-11,16-19H,12-15H2,1-3H3,(H2,35,36,43). The summed E-state index contributed by atoms with van der Waals surface area (Å²) in [5, 5.41) is 10.4. The smallest absolute Gasteiger partial charge is 0.323 e. The van der Waals surface area contributed by atoms with Crippen LogP contribution >= 0.6 is 0 Å². The number of nitrogens with zero attached hydrogens (tertiary/aromatic N) is 6. The molecule has 11 nitrogen and oxygen atoms in total. The molecule has 6 rings (SSSR count). The van der Waals surface area contributed by atoms with Crippen molar-refractivity contribution in [1.29, 1.82) is 0 Å². The van der Waals surface area contributed by atoms with Crippen molar-refractivity contribution in [2.75, 3.05) is 55.9 Å². The predicted octanol–water partition coefficient (Wildman–Crippen LogP) is 5.02. The topological polar surface area (TPSA) is 118 Å². The molecule has 0 atom stereocenters. The minimum Gasteiger partial charge on any atom is -0.378 e. The molecule has 3 heterocycles. The molecule has 0 saturated carbocycles. The number of amides is 3. The zero-order valence-corrected chi connectivity index (χ0v) is 24.5. The average molecular weight is 595 g/mol. The van der Waals surface area contributed by atoms with Crippen molar-refractivity contribution >= 4 is 40.0 Å². The van der Waals surface area contributed by atoms with Crippen LogP contribution in [0.1, 0.15) is 10.4 Å². The van der Waals surface area contributed by atoms with Crippen LogP contribution in [0.5, 0.6) is 0 Å². The number of hydrogen-bond donors (Lipinski definition) is 2. The Morgan fingerprint density at radius 1 is 0.909 bits per heavy atom. The fourth-order valence-corrected chi connectivity index (χ4v) is 5.01. The van der Waals surface area contributed by atoms with Gasteiger partial charge >= 0.3 is 6.03 Å². The maximum atomic E-state index is 15.4. The summed E-state index contributed by atoms with van der Waals surface area (Å²) in [5.74, 6) is 0.633. The summed E-state index contributed by atoms with van der Waals surface area (Å²) in [4.78, 5) is 38.0. The second-order valence-electron chi connectivity index (χ2n) is 10.7. The van der Waals surface area contributed by atoms with Gasteiger partial charge in [-0.05, 0) is 60.7 Å². The zero-order chi connectivity index (χ0) is 30.8. The van der Waals surface area contributed by atoms with Crippen LogP contribution in [0.4, 0.5) is 26.4 Å². The number of hydrogen-bond acceptors (Lipinski definition) is 7. The first-order valence-electron chi connectivity index (χ1n) is 14.1. The van der Waals surface area contributed by atoms with E-state index in [9.17, 15) is 9.59 Å². The van der Waals surface area contributed by atoms with Gasteiger partial charge in [-0.1, -0.05) is 0 Å². The summed E-state index contributed by atoms with van der Waals surface area (Å²) >= 11 is 0. The van der Waals surface area contributed by atoms with Gasteiger partial charge in [0.25, 0.3) is 5.91 Å². The van der Waals surface area contributed by atoms with Crippen LogP contribution in [0.25, 0.3) is 33.4 Å². The van der Waals surface area contributed by atoms with Crippen LogP contribution in [0, 0.1) is 5.82 Å². The monoisotopic (exact) mass is 594 g/mol. The number of benzene rings is 3. The maximum Gasteiger partial charge on any atom is 0.323 e. The molecular formula is C32H31FN8O3. The number of fused-ring (bicyclic) bond motifs is 1. The molecule has 12 heteroatoms. The van der Waals surface area contributed by atoms with E-state index in [1.54, 1.807) is 80.7 Å². The summed E-state index contributed by atoms with van der Waals surface area (Å²) in [6, 6.07) is 16.7. The zero-order valence-electron chi connectivity index (χ0n) is 24.5. The van der Waals surface area contributed by atoms with Crippen molar-refractivity contribution in [2.24, 2.45) is 7.05 Å². The number of nitrogens with one attached hydrogen (secondary N) is 2. The molecule has 1 saturated heterocycles. The number of morpholine rings is 1. The largest absolute Gasteiger partial charge is 0.378 e. The Hall–Kier alpha value is -5.36. The van der Waals surface area contributed by atoms with E-state index >= 15 is 4.39 Å². The highest BCUT2D eigenvalue weighted by Gasteiger charge is 2.21. The lowest BCUT2D eigenvalue weighted by atomic mass is 10.1. The van der Waals surface area contributed by atoms with Gasteiger partial charge in [0.05, 0.1) is 24.9 Å². The molecular weight excluding hydrogens is 563 g/mol. The number of halogens is 1. The van der Waals surface area contributed by atoms with Crippen molar-refractivity contribution < 1.29 is 18.7 Å². The Morgan fingerprint density at radius 3 is 2.18 bits per heavy atom. The summed E-state index contributed by atoms with van der Waals surface area (Å²) in [6.07, 6.45) is 3.39. The molecule has 1 aliphatic rings.